The first-order valence-corrected chi connectivity index (χ1v) is 5.76. The molecule has 100 valence electrons. The number of hydrogen-bond acceptors (Lipinski definition) is 4. The van der Waals surface area contributed by atoms with E-state index in [2.05, 4.69) is 4.74 Å². The second-order valence-electron chi connectivity index (χ2n) is 4.92. The highest BCUT2D eigenvalue weighted by atomic mass is 16.6. The highest BCUT2D eigenvalue weighted by Crippen LogP contribution is 2.13. The average molecular weight is 245 g/mol. The van der Waals surface area contributed by atoms with Crippen molar-refractivity contribution in [3.63, 3.8) is 0 Å². The Hall–Kier alpha value is -1.26. The lowest BCUT2D eigenvalue weighted by Crippen LogP contribution is -2.45. The quantitative estimate of drug-likeness (QED) is 0.712. The van der Waals surface area contributed by atoms with Crippen LogP contribution in [0.3, 0.4) is 0 Å². The molecule has 0 rings (SSSR count). The first-order valence-electron chi connectivity index (χ1n) is 5.76. The Balaban J connectivity index is 4.66. The summed E-state index contributed by atoms with van der Waals surface area (Å²) < 4.78 is 9.88. The van der Waals surface area contributed by atoms with Crippen molar-refractivity contribution in [2.75, 3.05) is 14.2 Å². The molecule has 0 aliphatic carbocycles. The normalized spacial score (nSPS) is 12.8. The molecular formula is C12H23NO4. The molecule has 0 fully saturated rings. The van der Waals surface area contributed by atoms with Gasteiger partial charge >= 0.3 is 12.1 Å². The Morgan fingerprint density at radius 2 is 1.82 bits per heavy atom. The molecule has 0 bridgehead atoms. The number of esters is 1. The molecule has 0 radical (unpaired) electrons. The van der Waals surface area contributed by atoms with E-state index in [9.17, 15) is 9.59 Å². The molecule has 5 nitrogen and oxygen atoms in total. The number of ether oxygens (including phenoxy) is 2. The summed E-state index contributed by atoms with van der Waals surface area (Å²) in [6, 6.07) is -0.583. The summed E-state index contributed by atoms with van der Waals surface area (Å²) in [4.78, 5) is 24.6. The number of nitrogens with zero attached hydrogens (tertiary/aromatic N) is 1. The maximum Gasteiger partial charge on any atom is 0.410 e. The third-order valence-electron chi connectivity index (χ3n) is 2.18. The minimum atomic E-state index is -0.583. The van der Waals surface area contributed by atoms with Crippen molar-refractivity contribution in [1.29, 1.82) is 0 Å². The van der Waals surface area contributed by atoms with Gasteiger partial charge in [0, 0.05) is 7.05 Å². The molecule has 1 atom stereocenters. The summed E-state index contributed by atoms with van der Waals surface area (Å²) in [5.74, 6) is -0.416. The Labute approximate surface area is 103 Å². The minimum absolute atomic E-state index is 0.416. The molecule has 0 aromatic heterocycles. The zero-order chi connectivity index (χ0) is 13.6. The lowest BCUT2D eigenvalue weighted by Gasteiger charge is -2.29. The van der Waals surface area contributed by atoms with Gasteiger partial charge in [-0.05, 0) is 27.2 Å². The van der Waals surface area contributed by atoms with Crippen LogP contribution in [0.2, 0.25) is 0 Å². The van der Waals surface area contributed by atoms with Gasteiger partial charge in [-0.15, -0.1) is 0 Å². The fraction of sp³-hybridized carbons (Fsp3) is 0.833. The largest absolute Gasteiger partial charge is 0.467 e. The van der Waals surface area contributed by atoms with E-state index in [0.29, 0.717) is 6.42 Å². The predicted octanol–water partition coefficient (Wildman–Crippen LogP) is 2.20. The average Bonchev–Trinajstić information content (AvgIpc) is 2.21. The van der Waals surface area contributed by atoms with Crippen molar-refractivity contribution in [3.05, 3.63) is 0 Å². The first-order chi connectivity index (χ1) is 7.72. The van der Waals surface area contributed by atoms with E-state index in [1.807, 2.05) is 6.92 Å². The van der Waals surface area contributed by atoms with Crippen LogP contribution >= 0.6 is 0 Å². The molecule has 17 heavy (non-hydrogen) atoms. The Morgan fingerprint density at radius 3 is 2.18 bits per heavy atom. The van der Waals surface area contributed by atoms with Crippen LogP contribution in [0.5, 0.6) is 0 Å². The molecule has 0 aliphatic rings. The van der Waals surface area contributed by atoms with Crippen molar-refractivity contribution in [2.24, 2.45) is 0 Å². The SMILES string of the molecule is CCCC(C(=O)OC)N(C)C(=O)OC(C)(C)C. The van der Waals surface area contributed by atoms with E-state index in [1.54, 1.807) is 27.8 Å². The van der Waals surface area contributed by atoms with Crippen LogP contribution in [-0.4, -0.2) is 42.8 Å². The smallest absolute Gasteiger partial charge is 0.410 e. The van der Waals surface area contributed by atoms with Crippen LogP contribution < -0.4 is 0 Å². The molecule has 0 saturated carbocycles. The van der Waals surface area contributed by atoms with E-state index < -0.39 is 23.7 Å². The van der Waals surface area contributed by atoms with Crippen LogP contribution in [0.15, 0.2) is 0 Å². The Kier molecular flexibility index (Phi) is 5.99. The highest BCUT2D eigenvalue weighted by molar-refractivity contribution is 5.81. The van der Waals surface area contributed by atoms with Gasteiger partial charge < -0.3 is 9.47 Å². The minimum Gasteiger partial charge on any atom is -0.467 e. The van der Waals surface area contributed by atoms with E-state index in [0.717, 1.165) is 6.42 Å². The van der Waals surface area contributed by atoms with E-state index >= 15 is 0 Å². The summed E-state index contributed by atoms with van der Waals surface area (Å²) in [7, 11) is 2.86. The number of amides is 1. The number of carbonyl (C=O) groups excluding carboxylic acids is 2. The first kappa shape index (κ1) is 15.7. The fourth-order valence-corrected chi connectivity index (χ4v) is 1.34. The van der Waals surface area contributed by atoms with Gasteiger partial charge in [-0.1, -0.05) is 13.3 Å². The van der Waals surface area contributed by atoms with E-state index in [4.69, 9.17) is 4.74 Å². The van der Waals surface area contributed by atoms with Gasteiger partial charge in [0.05, 0.1) is 7.11 Å². The molecule has 0 aromatic rings. The molecule has 0 aliphatic heterocycles. The van der Waals surface area contributed by atoms with E-state index in [1.165, 1.54) is 12.0 Å². The lowest BCUT2D eigenvalue weighted by molar-refractivity contribution is -0.146. The van der Waals surface area contributed by atoms with Crippen LogP contribution in [0.25, 0.3) is 0 Å². The molecular weight excluding hydrogens is 222 g/mol. The van der Waals surface area contributed by atoms with Crippen LogP contribution in [-0.2, 0) is 14.3 Å². The summed E-state index contributed by atoms with van der Waals surface area (Å²) in [6.07, 6.45) is 0.830. The summed E-state index contributed by atoms with van der Waals surface area (Å²) >= 11 is 0. The van der Waals surface area contributed by atoms with Gasteiger partial charge in [-0.25, -0.2) is 9.59 Å². The molecule has 0 heterocycles. The molecule has 0 N–H and O–H groups in total. The zero-order valence-electron chi connectivity index (χ0n) is 11.6. The number of carbonyl (C=O) groups is 2. The predicted molar refractivity (Wildman–Crippen MR) is 64.7 cm³/mol. The molecule has 0 aromatic carbocycles. The molecule has 1 amide bonds. The van der Waals surface area contributed by atoms with Crippen LogP contribution in [0.1, 0.15) is 40.5 Å². The zero-order valence-corrected chi connectivity index (χ0v) is 11.6. The second kappa shape index (κ2) is 6.47. The van der Waals surface area contributed by atoms with Gasteiger partial charge in [-0.2, -0.15) is 0 Å². The topological polar surface area (TPSA) is 55.8 Å². The lowest BCUT2D eigenvalue weighted by atomic mass is 10.1. The van der Waals surface area contributed by atoms with Gasteiger partial charge in [0.2, 0.25) is 0 Å². The number of rotatable bonds is 4. The van der Waals surface area contributed by atoms with Crippen molar-refractivity contribution < 1.29 is 19.1 Å². The highest BCUT2D eigenvalue weighted by Gasteiger charge is 2.30. The third kappa shape index (κ3) is 5.56. The number of methoxy groups -OCH3 is 1. The number of likely N-dealkylation sites (N-methyl/N-ethyl adjacent to an activating group) is 1. The van der Waals surface area contributed by atoms with Crippen molar-refractivity contribution >= 4 is 12.1 Å². The fourth-order valence-electron chi connectivity index (χ4n) is 1.34. The Bertz CT molecular complexity index is 270. The summed E-state index contributed by atoms with van der Waals surface area (Å²) in [6.45, 7) is 7.29. The van der Waals surface area contributed by atoms with Gasteiger partial charge in [-0.3, -0.25) is 4.90 Å². The van der Waals surface area contributed by atoms with Crippen molar-refractivity contribution in [1.82, 2.24) is 4.90 Å². The molecule has 0 saturated heterocycles. The van der Waals surface area contributed by atoms with Gasteiger partial charge in [0.15, 0.2) is 0 Å². The van der Waals surface area contributed by atoms with Crippen LogP contribution in [0.4, 0.5) is 4.79 Å². The monoisotopic (exact) mass is 245 g/mol. The maximum atomic E-state index is 11.8. The summed E-state index contributed by atoms with van der Waals surface area (Å²) in [5.41, 5.74) is -0.571. The Morgan fingerprint density at radius 1 is 1.29 bits per heavy atom. The van der Waals surface area contributed by atoms with E-state index in [-0.39, 0.29) is 0 Å². The maximum absolute atomic E-state index is 11.8. The van der Waals surface area contributed by atoms with Crippen molar-refractivity contribution in [3.8, 4) is 0 Å². The van der Waals surface area contributed by atoms with Gasteiger partial charge in [0.25, 0.3) is 0 Å². The molecule has 0 spiro atoms. The van der Waals surface area contributed by atoms with Crippen LogP contribution in [0, 0.1) is 0 Å². The molecule has 1 unspecified atom stereocenters. The second-order valence-corrected chi connectivity index (χ2v) is 4.92. The summed E-state index contributed by atoms with van der Waals surface area (Å²) in [5, 5.41) is 0. The third-order valence-corrected chi connectivity index (χ3v) is 2.18. The van der Waals surface area contributed by atoms with Crippen molar-refractivity contribution in [2.45, 2.75) is 52.2 Å². The number of hydrogen-bond donors (Lipinski definition) is 0. The standard InChI is InChI=1S/C12H23NO4/c1-7-8-9(10(14)16-6)13(5)11(15)17-12(2,3)4/h9H,7-8H2,1-6H3. The van der Waals surface area contributed by atoms with Gasteiger partial charge in [0.1, 0.15) is 11.6 Å². The molecule has 5 heteroatoms.